The number of piperidine rings is 1. The zero-order valence-corrected chi connectivity index (χ0v) is 12.7. The number of aliphatic hydroxyl groups excluding tert-OH is 1. The molecule has 1 fully saturated rings. The molecule has 0 aliphatic carbocycles. The van der Waals surface area contributed by atoms with Crippen LogP contribution in [0.25, 0.3) is 0 Å². The zero-order chi connectivity index (χ0) is 13.8. The van der Waals surface area contributed by atoms with Crippen molar-refractivity contribution in [2.45, 2.75) is 25.3 Å². The van der Waals surface area contributed by atoms with Gasteiger partial charge < -0.3 is 15.3 Å². The first-order valence-electron chi connectivity index (χ1n) is 6.25. The van der Waals surface area contributed by atoms with Gasteiger partial charge in [0, 0.05) is 11.6 Å². The molecule has 1 aliphatic rings. The maximum absolute atomic E-state index is 9.39. The average molecular weight is 319 g/mol. The third kappa shape index (κ3) is 3.72. The summed E-state index contributed by atoms with van der Waals surface area (Å²) in [6, 6.07) is 5.33. The number of hydrogen-bond acceptors (Lipinski definition) is 2. The van der Waals surface area contributed by atoms with E-state index in [0.717, 1.165) is 31.5 Å². The number of halogens is 2. The molecule has 2 N–H and O–H groups in total. The van der Waals surface area contributed by atoms with Crippen molar-refractivity contribution in [1.29, 1.82) is 0 Å². The standard InChI is InChI=1S/C13H16Cl2N2OS/c14-9-4-5-12(11(15)7-9)16-13(19)17-6-2-1-3-10(17)8-18/h4-5,7,10,18H,1-3,6,8H2,(H,16,19)/t10-/m0/s1. The number of nitrogens with one attached hydrogen (secondary N) is 1. The molecule has 19 heavy (non-hydrogen) atoms. The normalized spacial score (nSPS) is 19.3. The van der Waals surface area contributed by atoms with Gasteiger partial charge in [-0.1, -0.05) is 23.2 Å². The minimum Gasteiger partial charge on any atom is -0.394 e. The van der Waals surface area contributed by atoms with Crippen LogP contribution in [0.3, 0.4) is 0 Å². The van der Waals surface area contributed by atoms with E-state index in [2.05, 4.69) is 5.32 Å². The minimum atomic E-state index is 0.0971. The van der Waals surface area contributed by atoms with Crippen LogP contribution in [-0.4, -0.2) is 34.3 Å². The molecule has 104 valence electrons. The van der Waals surface area contributed by atoms with Crippen molar-refractivity contribution < 1.29 is 5.11 Å². The first-order valence-corrected chi connectivity index (χ1v) is 7.42. The van der Waals surface area contributed by atoms with Crippen LogP contribution >= 0.6 is 35.4 Å². The van der Waals surface area contributed by atoms with Gasteiger partial charge in [0.2, 0.25) is 0 Å². The van der Waals surface area contributed by atoms with Crippen molar-refractivity contribution in [3.05, 3.63) is 28.2 Å². The second-order valence-electron chi connectivity index (χ2n) is 4.58. The molecule has 0 unspecified atom stereocenters. The molecule has 0 saturated carbocycles. The molecule has 1 aliphatic heterocycles. The monoisotopic (exact) mass is 318 g/mol. The summed E-state index contributed by atoms with van der Waals surface area (Å²) >= 11 is 17.4. The number of thiocarbonyl (C=S) groups is 1. The van der Waals surface area contributed by atoms with E-state index in [9.17, 15) is 5.11 Å². The van der Waals surface area contributed by atoms with Crippen molar-refractivity contribution in [1.82, 2.24) is 4.90 Å². The quantitative estimate of drug-likeness (QED) is 0.818. The SMILES string of the molecule is OC[C@@H]1CCCCN1C(=S)Nc1ccc(Cl)cc1Cl. The Kier molecular flexibility index (Phi) is 5.28. The van der Waals surface area contributed by atoms with Crippen LogP contribution < -0.4 is 5.32 Å². The summed E-state index contributed by atoms with van der Waals surface area (Å²) < 4.78 is 0. The lowest BCUT2D eigenvalue weighted by Crippen LogP contribution is -2.47. The Hall–Kier alpha value is -0.550. The number of hydrogen-bond donors (Lipinski definition) is 2. The van der Waals surface area contributed by atoms with Gasteiger partial charge in [0.1, 0.15) is 0 Å². The van der Waals surface area contributed by atoms with Gasteiger partial charge in [-0.3, -0.25) is 0 Å². The largest absolute Gasteiger partial charge is 0.394 e. The molecule has 0 bridgehead atoms. The summed E-state index contributed by atoms with van der Waals surface area (Å²) in [7, 11) is 0. The van der Waals surface area contributed by atoms with Crippen molar-refractivity contribution in [3.63, 3.8) is 0 Å². The Labute approximate surface area is 128 Å². The van der Waals surface area contributed by atoms with Crippen LogP contribution in [-0.2, 0) is 0 Å². The van der Waals surface area contributed by atoms with Crippen LogP contribution in [0.1, 0.15) is 19.3 Å². The van der Waals surface area contributed by atoms with Crippen molar-refractivity contribution in [3.8, 4) is 0 Å². The lowest BCUT2D eigenvalue weighted by atomic mass is 10.0. The maximum atomic E-state index is 9.39. The van der Waals surface area contributed by atoms with Crippen molar-refractivity contribution in [2.24, 2.45) is 0 Å². The fourth-order valence-electron chi connectivity index (χ4n) is 2.24. The Morgan fingerprint density at radius 3 is 2.89 bits per heavy atom. The highest BCUT2D eigenvalue weighted by molar-refractivity contribution is 7.80. The van der Waals surface area contributed by atoms with E-state index >= 15 is 0 Å². The molecular formula is C13H16Cl2N2OS. The van der Waals surface area contributed by atoms with Crippen LogP contribution in [0.5, 0.6) is 0 Å². The highest BCUT2D eigenvalue weighted by atomic mass is 35.5. The zero-order valence-electron chi connectivity index (χ0n) is 10.4. The van der Waals surface area contributed by atoms with E-state index in [1.807, 2.05) is 4.90 Å². The minimum absolute atomic E-state index is 0.0971. The molecule has 0 amide bonds. The molecule has 2 rings (SSSR count). The van der Waals surface area contributed by atoms with Crippen molar-refractivity contribution in [2.75, 3.05) is 18.5 Å². The molecule has 1 saturated heterocycles. The molecule has 3 nitrogen and oxygen atoms in total. The molecule has 6 heteroatoms. The van der Waals surface area contributed by atoms with E-state index < -0.39 is 0 Å². The van der Waals surface area contributed by atoms with E-state index in [4.69, 9.17) is 35.4 Å². The van der Waals surface area contributed by atoms with Gasteiger partial charge in [0.25, 0.3) is 0 Å². The predicted octanol–water partition coefficient (Wildman–Crippen LogP) is 3.54. The van der Waals surface area contributed by atoms with Gasteiger partial charge >= 0.3 is 0 Å². The van der Waals surface area contributed by atoms with E-state index in [-0.39, 0.29) is 12.6 Å². The second-order valence-corrected chi connectivity index (χ2v) is 5.81. The van der Waals surface area contributed by atoms with E-state index in [1.165, 1.54) is 0 Å². The maximum Gasteiger partial charge on any atom is 0.173 e. The van der Waals surface area contributed by atoms with Gasteiger partial charge in [-0.25, -0.2) is 0 Å². The number of anilines is 1. The van der Waals surface area contributed by atoms with Crippen LogP contribution in [0.15, 0.2) is 18.2 Å². The van der Waals surface area contributed by atoms with E-state index in [0.29, 0.717) is 15.2 Å². The summed E-state index contributed by atoms with van der Waals surface area (Å²) in [6.45, 7) is 0.985. The summed E-state index contributed by atoms with van der Waals surface area (Å²) in [5.74, 6) is 0. The van der Waals surface area contributed by atoms with Gasteiger partial charge in [0.15, 0.2) is 5.11 Å². The number of nitrogens with zero attached hydrogens (tertiary/aromatic N) is 1. The van der Waals surface area contributed by atoms with Crippen LogP contribution in [0.4, 0.5) is 5.69 Å². The average Bonchev–Trinajstić information content (AvgIpc) is 2.41. The number of likely N-dealkylation sites (tertiary alicyclic amines) is 1. The lowest BCUT2D eigenvalue weighted by Gasteiger charge is -2.36. The van der Waals surface area contributed by atoms with Crippen LogP contribution in [0.2, 0.25) is 10.0 Å². The van der Waals surface area contributed by atoms with Crippen molar-refractivity contribution >= 4 is 46.2 Å². The number of benzene rings is 1. The summed E-state index contributed by atoms with van der Waals surface area (Å²) in [5.41, 5.74) is 0.735. The smallest absolute Gasteiger partial charge is 0.173 e. The van der Waals surface area contributed by atoms with Gasteiger partial charge in [-0.05, 0) is 49.7 Å². The fraction of sp³-hybridized carbons (Fsp3) is 0.462. The molecule has 1 aromatic rings. The molecule has 1 atom stereocenters. The molecule has 0 spiro atoms. The molecule has 0 aromatic heterocycles. The first kappa shape index (κ1) is 14.9. The summed E-state index contributed by atoms with van der Waals surface area (Å²) in [6.07, 6.45) is 3.19. The molecule has 1 heterocycles. The van der Waals surface area contributed by atoms with Gasteiger partial charge in [-0.15, -0.1) is 0 Å². The van der Waals surface area contributed by atoms with Gasteiger partial charge in [0.05, 0.1) is 23.4 Å². The van der Waals surface area contributed by atoms with Gasteiger partial charge in [-0.2, -0.15) is 0 Å². The topological polar surface area (TPSA) is 35.5 Å². The Morgan fingerprint density at radius 1 is 1.42 bits per heavy atom. The third-order valence-electron chi connectivity index (χ3n) is 3.27. The summed E-state index contributed by atoms with van der Waals surface area (Å²) in [5, 5.41) is 14.2. The Bertz CT molecular complexity index is 470. The fourth-order valence-corrected chi connectivity index (χ4v) is 3.04. The van der Waals surface area contributed by atoms with Crippen LogP contribution in [0, 0.1) is 0 Å². The molecular weight excluding hydrogens is 303 g/mol. The predicted molar refractivity (Wildman–Crippen MR) is 84.1 cm³/mol. The lowest BCUT2D eigenvalue weighted by molar-refractivity contribution is 0.149. The van der Waals surface area contributed by atoms with E-state index in [1.54, 1.807) is 18.2 Å². The third-order valence-corrected chi connectivity index (χ3v) is 4.16. The number of rotatable bonds is 2. The molecule has 0 radical (unpaired) electrons. The molecule has 1 aromatic carbocycles. The number of aliphatic hydroxyl groups is 1. The highest BCUT2D eigenvalue weighted by Gasteiger charge is 2.24. The summed E-state index contributed by atoms with van der Waals surface area (Å²) in [4.78, 5) is 2.03. The first-order chi connectivity index (χ1) is 9.11. The second kappa shape index (κ2) is 6.75. The highest BCUT2D eigenvalue weighted by Crippen LogP contribution is 2.26. The Balaban J connectivity index is 2.07. The Morgan fingerprint density at radius 2 is 2.21 bits per heavy atom.